The molecule has 17 N–H and O–H groups in total. The fourth-order valence-electron chi connectivity index (χ4n) is 11.1. The zero-order chi connectivity index (χ0) is 73.1. The van der Waals surface area contributed by atoms with Crippen LogP contribution in [-0.2, 0) is 30.4 Å². The molecule has 3 rings (SSSR count). The molecule has 20 atom stereocenters. The minimum atomic E-state index is -1.60. The zero-order valence-corrected chi connectivity index (χ0v) is 57.9. The van der Waals surface area contributed by atoms with Gasteiger partial charge in [0.25, 0.3) is 0 Å². The van der Waals surface area contributed by atoms with Crippen molar-refractivity contribution in [2.75, 3.05) is 6.54 Å². The quantitative estimate of drug-likeness (QED) is 0.00991. The highest BCUT2D eigenvalue weighted by molar-refractivity contribution is 6.14. The SMILES string of the molecule is CC(C=CCC/C=C/C=C/C=CC=CC(=O)NC1C(=O)CCC1=O)C(O)C(C)C(O)C=CC=CC=CC=CC=CCC(OC1OC(C)C(O)C(O)C1O)C(C)C(CC(O)CC(O)CC(O)C=CCC(O)CC(O)CC(O)CC(O)C=CCC(O)CC(O)CCCN)=NCc1ccccc1. The molecule has 1 amide bonds. The number of carbonyl (C=O) groups is 3. The van der Waals surface area contributed by atoms with Gasteiger partial charge in [-0.3, -0.25) is 19.4 Å². The standard InChI is InChI=1S/C77H115N3O19/c1-52(30-21-16-12-8-5-6-11-15-19-26-40-71(93)80-72-68(91)41-42-69(72)92)73(94)54(3)67(90)38-24-17-13-9-7-10-14-18-25-39-70(99-77-76(97)75(96)74(95)55(4)98-77)53(2)66(79-51-56-31-22-20-23-32-56)50-65(89)49-64(88)47-60(84)36-28-35-59(83)46-63(87)48-62(86)45-58(82)34-27-33-57(81)44-61(85)37-29-43-78/h5-11,13-15,17-28,30-32,34,36,38,40,52-55,57-65,67,70,72-77,81-90,94-97H,12,16,29,33,35,37,39,41-51,78H2,1-4H3,(H,80,93)/b8-5+,9-7?,11-6+,14-10?,17-13?,19-15?,25-18?,30-21?,34-27?,36-28?,38-24?,40-26?,79-66?. The summed E-state index contributed by atoms with van der Waals surface area (Å²) in [4.78, 5) is 40.3. The highest BCUT2D eigenvalue weighted by atomic mass is 16.7. The van der Waals surface area contributed by atoms with Crippen molar-refractivity contribution in [3.8, 4) is 0 Å². The van der Waals surface area contributed by atoms with Gasteiger partial charge in [-0.25, -0.2) is 0 Å². The Morgan fingerprint density at radius 2 is 1.10 bits per heavy atom. The fraction of sp³-hybridized carbons (Fsp3) is 0.558. The third kappa shape index (κ3) is 37.4. The molecule has 0 bridgehead atoms. The van der Waals surface area contributed by atoms with Crippen LogP contribution in [-0.4, -0.2) is 211 Å². The van der Waals surface area contributed by atoms with Gasteiger partial charge in [-0.2, -0.15) is 0 Å². The van der Waals surface area contributed by atoms with E-state index >= 15 is 0 Å². The molecule has 1 saturated heterocycles. The van der Waals surface area contributed by atoms with Gasteiger partial charge >= 0.3 is 0 Å². The number of hydrogen-bond donors (Lipinski definition) is 16. The first-order valence-electron chi connectivity index (χ1n) is 34.8. The van der Waals surface area contributed by atoms with E-state index in [9.17, 15) is 85.9 Å². The summed E-state index contributed by atoms with van der Waals surface area (Å²) in [6, 6.07) is 8.39. The number of ketones is 2. The van der Waals surface area contributed by atoms with Crippen molar-refractivity contribution in [2.24, 2.45) is 28.5 Å². The molecule has 1 saturated carbocycles. The second-order valence-corrected chi connectivity index (χ2v) is 25.9. The molecule has 0 aromatic heterocycles. The molecule has 2 aliphatic rings. The van der Waals surface area contributed by atoms with Crippen molar-refractivity contribution in [1.82, 2.24) is 5.32 Å². The summed E-state index contributed by atoms with van der Waals surface area (Å²) >= 11 is 0. The van der Waals surface area contributed by atoms with Crippen molar-refractivity contribution >= 4 is 23.2 Å². The van der Waals surface area contributed by atoms with Crippen molar-refractivity contribution in [2.45, 2.75) is 247 Å². The minimum absolute atomic E-state index is 0.0186. The number of allylic oxidation sites excluding steroid dienone is 16. The summed E-state index contributed by atoms with van der Waals surface area (Å²) < 4.78 is 12.3. The Balaban J connectivity index is 1.53. The van der Waals surface area contributed by atoms with E-state index in [1.807, 2.05) is 80.6 Å². The molecule has 1 aromatic rings. The van der Waals surface area contributed by atoms with Crippen LogP contribution in [0.5, 0.6) is 0 Å². The predicted octanol–water partition coefficient (Wildman–Crippen LogP) is 5.23. The Bertz CT molecular complexity index is 2830. The molecular formula is C77H115N3O19. The molecule has 22 nitrogen and oxygen atoms in total. The van der Waals surface area contributed by atoms with Crippen LogP contribution in [0.2, 0.25) is 0 Å². The lowest BCUT2D eigenvalue weighted by atomic mass is 9.88. The van der Waals surface area contributed by atoms with Crippen LogP contribution in [0.15, 0.2) is 181 Å². The predicted molar refractivity (Wildman–Crippen MR) is 383 cm³/mol. The van der Waals surface area contributed by atoms with Gasteiger partial charge in [0.1, 0.15) is 24.4 Å². The van der Waals surface area contributed by atoms with E-state index in [0.29, 0.717) is 25.1 Å². The fourth-order valence-corrected chi connectivity index (χ4v) is 11.1. The van der Waals surface area contributed by atoms with E-state index in [0.717, 1.165) is 18.4 Å². The van der Waals surface area contributed by atoms with E-state index < -0.39 is 128 Å². The van der Waals surface area contributed by atoms with E-state index in [4.69, 9.17) is 20.2 Å². The minimum Gasteiger partial charge on any atom is -0.393 e. The number of hydrogen-bond acceptors (Lipinski definition) is 21. The highest BCUT2D eigenvalue weighted by Gasteiger charge is 2.44. The number of benzene rings is 1. The largest absolute Gasteiger partial charge is 0.393 e. The van der Waals surface area contributed by atoms with Gasteiger partial charge < -0.3 is 92.0 Å². The lowest BCUT2D eigenvalue weighted by Crippen LogP contribution is -2.58. The number of carbonyl (C=O) groups excluding carboxylic acids is 3. The number of unbranched alkanes of at least 4 members (excludes halogenated alkanes) is 1. The van der Waals surface area contributed by atoms with Crippen LogP contribution in [0.3, 0.4) is 0 Å². The molecule has 20 unspecified atom stereocenters. The first kappa shape index (κ1) is 87.1. The highest BCUT2D eigenvalue weighted by Crippen LogP contribution is 2.28. The number of rotatable bonds is 48. The Labute approximate surface area is 585 Å². The molecule has 22 heteroatoms. The van der Waals surface area contributed by atoms with Crippen molar-refractivity contribution in [3.05, 3.63) is 182 Å². The number of amides is 1. The average Bonchev–Trinajstić information content (AvgIpc) is 1.32. The van der Waals surface area contributed by atoms with Crippen molar-refractivity contribution < 1.29 is 95.3 Å². The monoisotopic (exact) mass is 1390 g/mol. The van der Waals surface area contributed by atoms with Gasteiger partial charge in [0, 0.05) is 61.6 Å². The number of ether oxygens (including phenoxy) is 2. The maximum atomic E-state index is 12.0. The summed E-state index contributed by atoms with van der Waals surface area (Å²) in [5.74, 6) is -2.24. The number of aliphatic hydroxyl groups excluding tert-OH is 14. The molecular weight excluding hydrogens is 1270 g/mol. The number of nitrogens with two attached hydrogens (primary N) is 1. The van der Waals surface area contributed by atoms with Gasteiger partial charge in [0.05, 0.1) is 85.9 Å². The molecule has 1 aliphatic carbocycles. The maximum Gasteiger partial charge on any atom is 0.244 e. The van der Waals surface area contributed by atoms with E-state index in [1.165, 1.54) is 30.4 Å². The lowest BCUT2D eigenvalue weighted by Gasteiger charge is -2.41. The summed E-state index contributed by atoms with van der Waals surface area (Å²) in [7, 11) is 0. The summed E-state index contributed by atoms with van der Waals surface area (Å²) in [6.07, 6.45) is 25.8. The van der Waals surface area contributed by atoms with Gasteiger partial charge in [-0.1, -0.05) is 191 Å². The summed E-state index contributed by atoms with van der Waals surface area (Å²) in [5.41, 5.74) is 6.86. The maximum absolute atomic E-state index is 12.0. The third-order valence-electron chi connectivity index (χ3n) is 17.1. The number of nitrogens with one attached hydrogen (secondary N) is 1. The first-order valence-corrected chi connectivity index (χ1v) is 34.8. The van der Waals surface area contributed by atoms with Crippen molar-refractivity contribution in [1.29, 1.82) is 0 Å². The molecule has 1 heterocycles. The van der Waals surface area contributed by atoms with Crippen LogP contribution < -0.4 is 11.1 Å². The number of nitrogens with zero attached hydrogens (tertiary/aromatic N) is 1. The van der Waals surface area contributed by atoms with Crippen LogP contribution in [0.4, 0.5) is 0 Å². The first-order chi connectivity index (χ1) is 47.3. The second-order valence-electron chi connectivity index (χ2n) is 25.9. The summed E-state index contributed by atoms with van der Waals surface area (Å²) in [5, 5.41) is 152. The Hall–Kier alpha value is -6.10. The van der Waals surface area contributed by atoms with Crippen LogP contribution in [0.1, 0.15) is 136 Å². The topological polar surface area (TPSA) is 403 Å². The Morgan fingerprint density at radius 3 is 1.70 bits per heavy atom. The van der Waals surface area contributed by atoms with E-state index in [1.54, 1.807) is 92.8 Å². The van der Waals surface area contributed by atoms with Gasteiger partial charge in [-0.15, -0.1) is 0 Å². The van der Waals surface area contributed by atoms with E-state index in [2.05, 4.69) is 5.32 Å². The van der Waals surface area contributed by atoms with Gasteiger partial charge in [-0.05, 0) is 89.7 Å². The molecule has 552 valence electrons. The second kappa shape index (κ2) is 50.3. The number of aliphatic imine (C=N–C) groups is 1. The van der Waals surface area contributed by atoms with Crippen LogP contribution in [0.25, 0.3) is 0 Å². The Kier molecular flexibility index (Phi) is 44.2. The molecule has 2 fully saturated rings. The summed E-state index contributed by atoms with van der Waals surface area (Å²) in [6.45, 7) is 7.76. The number of Topliss-reactive ketones (excluding diaryl/α,β-unsaturated/α-hetero) is 2. The molecule has 99 heavy (non-hydrogen) atoms. The van der Waals surface area contributed by atoms with Crippen LogP contribution in [0, 0.1) is 17.8 Å². The van der Waals surface area contributed by atoms with Gasteiger partial charge in [0.2, 0.25) is 5.91 Å². The Morgan fingerprint density at radius 1 is 0.586 bits per heavy atom. The average molecular weight is 1390 g/mol. The number of aliphatic hydroxyl groups is 14. The molecule has 1 aromatic carbocycles. The van der Waals surface area contributed by atoms with Crippen LogP contribution >= 0.6 is 0 Å². The molecule has 0 radical (unpaired) electrons. The third-order valence-corrected chi connectivity index (χ3v) is 17.1. The normalized spacial score (nSPS) is 23.6. The zero-order valence-electron chi connectivity index (χ0n) is 57.9. The molecule has 1 aliphatic heterocycles. The molecule has 0 spiro atoms. The smallest absolute Gasteiger partial charge is 0.244 e. The van der Waals surface area contributed by atoms with E-state index in [-0.39, 0.29) is 101 Å². The van der Waals surface area contributed by atoms with Gasteiger partial charge in [0.15, 0.2) is 17.9 Å². The van der Waals surface area contributed by atoms with Crippen molar-refractivity contribution in [3.63, 3.8) is 0 Å². The lowest BCUT2D eigenvalue weighted by molar-refractivity contribution is -0.305.